The van der Waals surface area contributed by atoms with Gasteiger partial charge in [0.1, 0.15) is 0 Å². The number of rotatable bonds is 0. The zero-order valence-electron chi connectivity index (χ0n) is 12.9. The number of nitrogens with one attached hydrogen (secondary N) is 1. The quantitative estimate of drug-likeness (QED) is 0.587. The number of imide groups is 1. The largest absolute Gasteiger partial charge is 0.288 e. The number of carbonyl (C=O) groups is 2. The smallest absolute Gasteiger partial charge is 0.258 e. The summed E-state index contributed by atoms with van der Waals surface area (Å²) in [5.74, 6) is -0.880. The van der Waals surface area contributed by atoms with Gasteiger partial charge in [0.25, 0.3) is 11.8 Å². The molecule has 3 rings (SSSR count). The Hall–Kier alpha value is -2.68. The molecule has 0 spiro atoms. The molecule has 1 aliphatic carbocycles. The van der Waals surface area contributed by atoms with Crippen LogP contribution in [0.25, 0.3) is 5.57 Å². The van der Waals surface area contributed by atoms with Gasteiger partial charge in [0, 0.05) is 12.6 Å². The highest BCUT2D eigenvalue weighted by Gasteiger charge is 2.26. The zero-order valence-corrected chi connectivity index (χ0v) is 12.9. The molecule has 2 amide bonds. The molecule has 22 heavy (non-hydrogen) atoms. The molecule has 0 aromatic heterocycles. The molecule has 1 saturated heterocycles. The Morgan fingerprint density at radius 3 is 2.09 bits per heavy atom. The van der Waals surface area contributed by atoms with Crippen LogP contribution in [0.15, 0.2) is 66.3 Å². The van der Waals surface area contributed by atoms with Gasteiger partial charge in [0.05, 0.1) is 0 Å². The van der Waals surface area contributed by atoms with E-state index in [2.05, 4.69) is 63.4 Å². The summed E-state index contributed by atoms with van der Waals surface area (Å²) in [5, 5.41) is 2.04. The highest BCUT2D eigenvalue weighted by molar-refractivity contribution is 6.23. The van der Waals surface area contributed by atoms with Gasteiger partial charge in [-0.3, -0.25) is 14.9 Å². The Morgan fingerprint density at radius 1 is 1.05 bits per heavy atom. The van der Waals surface area contributed by atoms with Crippen molar-refractivity contribution in [2.45, 2.75) is 20.3 Å². The van der Waals surface area contributed by atoms with E-state index in [1.165, 1.54) is 22.3 Å². The van der Waals surface area contributed by atoms with Crippen LogP contribution in [-0.4, -0.2) is 11.8 Å². The molecule has 1 aromatic rings. The first-order chi connectivity index (χ1) is 10.5. The molecule has 1 N–H and O–H groups in total. The predicted octanol–water partition coefficient (Wildman–Crippen LogP) is 3.59. The summed E-state index contributed by atoms with van der Waals surface area (Å²) in [6.07, 6.45) is 5.53. The molecule has 0 radical (unpaired) electrons. The van der Waals surface area contributed by atoms with Crippen molar-refractivity contribution in [1.82, 2.24) is 5.32 Å². The van der Waals surface area contributed by atoms with Gasteiger partial charge in [0.15, 0.2) is 0 Å². The maximum Gasteiger partial charge on any atom is 0.258 e. The summed E-state index contributed by atoms with van der Waals surface area (Å²) >= 11 is 0. The van der Waals surface area contributed by atoms with Crippen LogP contribution in [0.4, 0.5) is 0 Å². The van der Waals surface area contributed by atoms with E-state index in [0.717, 1.165) is 6.42 Å². The summed E-state index contributed by atoms with van der Waals surface area (Å²) in [4.78, 5) is 21.0. The molecule has 0 saturated carbocycles. The van der Waals surface area contributed by atoms with Crippen LogP contribution in [0.2, 0.25) is 0 Å². The van der Waals surface area contributed by atoms with Crippen LogP contribution in [0.3, 0.4) is 0 Å². The minimum atomic E-state index is -0.440. The Morgan fingerprint density at radius 2 is 1.64 bits per heavy atom. The first-order valence-electron chi connectivity index (χ1n) is 7.13. The molecule has 2 aliphatic rings. The van der Waals surface area contributed by atoms with E-state index in [-0.39, 0.29) is 12.6 Å². The minimum Gasteiger partial charge on any atom is -0.288 e. The Kier molecular flexibility index (Phi) is 4.56. The van der Waals surface area contributed by atoms with Gasteiger partial charge < -0.3 is 0 Å². The van der Waals surface area contributed by atoms with E-state index >= 15 is 0 Å². The fourth-order valence-electron chi connectivity index (χ4n) is 2.54. The third-order valence-corrected chi connectivity index (χ3v) is 3.81. The van der Waals surface area contributed by atoms with E-state index in [4.69, 9.17) is 0 Å². The summed E-state index contributed by atoms with van der Waals surface area (Å²) < 4.78 is 0. The second-order valence-electron chi connectivity index (χ2n) is 5.09. The van der Waals surface area contributed by atoms with Gasteiger partial charge >= 0.3 is 0 Å². The molecule has 114 valence electrons. The maximum absolute atomic E-state index is 10.5. The molecule has 0 atom stereocenters. The normalized spacial score (nSPS) is 20.1. The van der Waals surface area contributed by atoms with Gasteiger partial charge in [-0.2, -0.15) is 0 Å². The van der Waals surface area contributed by atoms with Crippen molar-refractivity contribution in [3.05, 3.63) is 77.4 Å². The third kappa shape index (κ3) is 2.84. The number of carbonyl (C=O) groups excluding carboxylic acids is 2. The number of allylic oxidation sites excluding steroid dienone is 4. The lowest BCUT2D eigenvalue weighted by Crippen LogP contribution is -2.19. The number of amides is 2. The standard InChI is InChI=1S/C13H14.C6H5NO2.H2/c1-3-10-9-11-7-5-6-8-13(11)12(10)4-2;1-3-4(2)6(9)7-5(3)8;/h3-8H,9H2,1-2H3;1-2H2,(H,7,8,9);1H/b10-3?,12-4-;;. The predicted molar refractivity (Wildman–Crippen MR) is 91.1 cm³/mol. The topological polar surface area (TPSA) is 46.2 Å². The van der Waals surface area contributed by atoms with Crippen molar-refractivity contribution >= 4 is 17.4 Å². The number of hydrogen-bond acceptors (Lipinski definition) is 2. The monoisotopic (exact) mass is 295 g/mol. The summed E-state index contributed by atoms with van der Waals surface area (Å²) in [7, 11) is 0. The molecule has 1 aliphatic heterocycles. The van der Waals surface area contributed by atoms with E-state index in [1.54, 1.807) is 0 Å². The highest BCUT2D eigenvalue weighted by atomic mass is 16.2. The summed E-state index contributed by atoms with van der Waals surface area (Å²) in [6, 6.07) is 8.65. The molecule has 0 unspecified atom stereocenters. The van der Waals surface area contributed by atoms with Crippen molar-refractivity contribution in [1.29, 1.82) is 0 Å². The van der Waals surface area contributed by atoms with Crippen molar-refractivity contribution in [2.24, 2.45) is 0 Å². The van der Waals surface area contributed by atoms with Crippen LogP contribution in [0.1, 0.15) is 26.4 Å². The fourth-order valence-corrected chi connectivity index (χ4v) is 2.54. The van der Waals surface area contributed by atoms with E-state index in [9.17, 15) is 9.59 Å². The van der Waals surface area contributed by atoms with Crippen LogP contribution in [0, 0.1) is 0 Å². The lowest BCUT2D eigenvalue weighted by Gasteiger charge is -1.99. The van der Waals surface area contributed by atoms with Crippen molar-refractivity contribution in [2.75, 3.05) is 0 Å². The van der Waals surface area contributed by atoms with Gasteiger partial charge in [-0.15, -0.1) is 0 Å². The molecular formula is C19H21NO2. The van der Waals surface area contributed by atoms with Gasteiger partial charge in [0.2, 0.25) is 0 Å². The lowest BCUT2D eigenvalue weighted by atomic mass is 10.1. The van der Waals surface area contributed by atoms with Crippen LogP contribution in [0.5, 0.6) is 0 Å². The SMILES string of the molecule is C=C1C(=C)C(=O)NC1=O.CC=C1Cc2ccccc2/C1=C\C.[HH]. The van der Waals surface area contributed by atoms with Crippen LogP contribution < -0.4 is 5.32 Å². The first kappa shape index (κ1) is 15.7. The second-order valence-corrected chi connectivity index (χ2v) is 5.09. The number of hydrogen-bond donors (Lipinski definition) is 1. The third-order valence-electron chi connectivity index (χ3n) is 3.81. The number of fused-ring (bicyclic) bond motifs is 1. The molecule has 1 heterocycles. The highest BCUT2D eigenvalue weighted by Crippen LogP contribution is 2.35. The first-order valence-corrected chi connectivity index (χ1v) is 7.13. The van der Waals surface area contributed by atoms with Crippen molar-refractivity contribution < 1.29 is 11.0 Å². The summed E-state index contributed by atoms with van der Waals surface area (Å²) in [5.41, 5.74) is 6.09. The van der Waals surface area contributed by atoms with E-state index in [0.29, 0.717) is 0 Å². The van der Waals surface area contributed by atoms with Crippen LogP contribution >= 0.6 is 0 Å². The Bertz CT molecular complexity index is 717. The van der Waals surface area contributed by atoms with Crippen molar-refractivity contribution in [3.8, 4) is 0 Å². The van der Waals surface area contributed by atoms with Gasteiger partial charge in [-0.05, 0) is 42.5 Å². The average molecular weight is 295 g/mol. The number of benzene rings is 1. The molecule has 0 bridgehead atoms. The summed E-state index contributed by atoms with van der Waals surface area (Å²) in [6.45, 7) is 10.9. The lowest BCUT2D eigenvalue weighted by molar-refractivity contribution is -0.123. The van der Waals surface area contributed by atoms with Crippen molar-refractivity contribution in [3.63, 3.8) is 0 Å². The maximum atomic E-state index is 10.5. The molecule has 3 nitrogen and oxygen atoms in total. The molecule has 3 heteroatoms. The van der Waals surface area contributed by atoms with Gasteiger partial charge in [-0.1, -0.05) is 49.6 Å². The zero-order chi connectivity index (χ0) is 16.3. The second kappa shape index (κ2) is 6.39. The van der Waals surface area contributed by atoms with Crippen LogP contribution in [-0.2, 0) is 16.0 Å². The average Bonchev–Trinajstić information content (AvgIpc) is 3.00. The van der Waals surface area contributed by atoms with Gasteiger partial charge in [-0.25, -0.2) is 0 Å². The minimum absolute atomic E-state index is 0. The Balaban J connectivity index is 0.000000235. The Labute approximate surface area is 132 Å². The fraction of sp³-hybridized carbons (Fsp3) is 0.158. The molecular weight excluding hydrogens is 274 g/mol. The molecule has 1 fully saturated rings. The van der Waals surface area contributed by atoms with E-state index in [1.807, 2.05) is 5.32 Å². The van der Waals surface area contributed by atoms with E-state index < -0.39 is 11.8 Å². The molecule has 1 aromatic carbocycles.